The molecule has 9 aromatic heterocycles. The summed E-state index contributed by atoms with van der Waals surface area (Å²) in [6.45, 7) is 0.889. The van der Waals surface area contributed by atoms with E-state index < -0.39 is 0 Å². The summed E-state index contributed by atoms with van der Waals surface area (Å²) in [6.07, 6.45) is 45.2. The zero-order valence-electron chi connectivity index (χ0n) is 33.1. The van der Waals surface area contributed by atoms with Crippen LogP contribution >= 0.6 is 22.7 Å². The number of hydrogen-bond acceptors (Lipinski definition) is 15. The van der Waals surface area contributed by atoms with Crippen LogP contribution in [0.5, 0.6) is 0 Å². The Balaban J connectivity index is 0.000000330. The number of allylic oxidation sites excluding steroid dienone is 5. The molecule has 0 N–H and O–H groups in total. The van der Waals surface area contributed by atoms with Crippen molar-refractivity contribution in [2.45, 2.75) is 6.42 Å². The van der Waals surface area contributed by atoms with E-state index in [9.17, 15) is 0 Å². The van der Waals surface area contributed by atoms with Crippen LogP contribution in [0.4, 0.5) is 0 Å². The summed E-state index contributed by atoms with van der Waals surface area (Å²) in [6, 6.07) is 22.5. The summed E-state index contributed by atoms with van der Waals surface area (Å²) in [5.41, 5.74) is 1.79. The van der Waals surface area contributed by atoms with Crippen LogP contribution in [0.1, 0.15) is 6.42 Å². The van der Waals surface area contributed by atoms with Gasteiger partial charge in [-0.1, -0.05) is 53.7 Å². The van der Waals surface area contributed by atoms with E-state index in [4.69, 9.17) is 0 Å². The molecule has 0 saturated heterocycles. The van der Waals surface area contributed by atoms with Crippen molar-refractivity contribution >= 4 is 28.9 Å². The molecule has 0 bridgehead atoms. The minimum absolute atomic E-state index is 0.889. The fourth-order valence-electron chi connectivity index (χ4n) is 2.92. The SMILES string of the molecule is C1=CCC=C1.C1=CCN=C1.Cn1cccn1.c1ccncc1.c1ccnnc1.c1ccoc1.c1ccsc1.c1cnccn1.c1cncnc1.c1cnoc1.c1cscn1. The molecule has 1 aliphatic carbocycles. The lowest BCUT2D eigenvalue weighted by Gasteiger charge is -1.77. The average Bonchev–Trinajstić information content (AvgIpc) is 4.20. The van der Waals surface area contributed by atoms with Crippen molar-refractivity contribution in [3.05, 3.63) is 243 Å². The van der Waals surface area contributed by atoms with Gasteiger partial charge in [0.15, 0.2) is 0 Å². The molecule has 10 heterocycles. The zero-order valence-corrected chi connectivity index (χ0v) is 34.7. The first-order valence-electron chi connectivity index (χ1n) is 17.9. The van der Waals surface area contributed by atoms with Crippen molar-refractivity contribution in [1.29, 1.82) is 0 Å². The fraction of sp³-hybridized carbons (Fsp3) is 0.0682. The minimum atomic E-state index is 0.889. The summed E-state index contributed by atoms with van der Waals surface area (Å²) in [7, 11) is 1.89. The number of pyridine rings is 1. The van der Waals surface area contributed by atoms with Crippen LogP contribution in [0.2, 0.25) is 0 Å². The second-order valence-corrected chi connectivity index (χ2v) is 11.5. The highest BCUT2D eigenvalue weighted by Crippen LogP contribution is 1.93. The van der Waals surface area contributed by atoms with Gasteiger partial charge in [0.05, 0.1) is 30.8 Å². The van der Waals surface area contributed by atoms with Gasteiger partial charge in [-0.15, -0.1) is 11.3 Å². The van der Waals surface area contributed by atoms with E-state index in [1.807, 2.05) is 102 Å². The van der Waals surface area contributed by atoms with Crippen LogP contribution in [-0.4, -0.2) is 67.8 Å². The number of aromatic nitrogens is 11. The van der Waals surface area contributed by atoms with E-state index in [1.54, 1.807) is 144 Å². The highest BCUT2D eigenvalue weighted by molar-refractivity contribution is 7.07. The number of thiophene rings is 1. The second kappa shape index (κ2) is 45.7. The van der Waals surface area contributed by atoms with Crippen LogP contribution in [-0.2, 0) is 7.05 Å². The van der Waals surface area contributed by atoms with E-state index in [-0.39, 0.29) is 0 Å². The van der Waals surface area contributed by atoms with Gasteiger partial charge in [0.25, 0.3) is 0 Å². The first kappa shape index (κ1) is 50.3. The summed E-state index contributed by atoms with van der Waals surface area (Å²) in [5, 5.41) is 20.3. The van der Waals surface area contributed by atoms with Gasteiger partial charge in [0.2, 0.25) is 0 Å². The standard InChI is InChI=1S/C5H5N.C5H6.C4H6N2.3C4H4N2.C4H5N.C4H4O.C4H4S.C3H3NO.C3H3NS/c1-2-4-6-5-3-1;1-2-4-5-3-1;1-6-4-2-3-5-6;1-2-6-4-3-5-1;1-2-5-4-6-3-1;1-2-4-6-5-3-1;4*1-2-4-5-3-1;1-2-5-3-4-1/h1-5H;1-4H,5H2;2-4H,1H3;3*1-4H;1-3H,4H2;2*1-4H;2*1-3H. The first-order valence-corrected chi connectivity index (χ1v) is 19.8. The maximum absolute atomic E-state index is 4.58. The Morgan fingerprint density at radius 3 is 1.32 bits per heavy atom. The fourth-order valence-corrected chi connectivity index (χ4v) is 3.72. The molecule has 0 saturated carbocycles. The van der Waals surface area contributed by atoms with E-state index >= 15 is 0 Å². The third-order valence-electron chi connectivity index (χ3n) is 5.38. The maximum Gasteiger partial charge on any atom is 0.123 e. The third kappa shape index (κ3) is 43.0. The Hall–Kier alpha value is -7.69. The molecule has 0 radical (unpaired) electrons. The number of furan rings is 1. The van der Waals surface area contributed by atoms with Crippen LogP contribution in [0.3, 0.4) is 0 Å². The van der Waals surface area contributed by atoms with Crippen molar-refractivity contribution in [1.82, 2.24) is 55.0 Å². The van der Waals surface area contributed by atoms with Gasteiger partial charge in [-0.05, 0) is 77.9 Å². The largest absolute Gasteiger partial charge is 0.473 e. The molecule has 0 aromatic carbocycles. The van der Waals surface area contributed by atoms with Gasteiger partial charge >= 0.3 is 0 Å². The minimum Gasteiger partial charge on any atom is -0.473 e. The Labute approximate surface area is 359 Å². The van der Waals surface area contributed by atoms with Gasteiger partial charge in [0, 0.05) is 99.2 Å². The number of rotatable bonds is 0. The lowest BCUT2D eigenvalue weighted by Crippen LogP contribution is -1.83. The number of nitrogens with zero attached hydrogens (tertiary/aromatic N) is 12. The molecule has 14 nitrogen and oxygen atoms in total. The molecule has 0 unspecified atom stereocenters. The van der Waals surface area contributed by atoms with Crippen molar-refractivity contribution < 1.29 is 8.94 Å². The predicted molar refractivity (Wildman–Crippen MR) is 241 cm³/mol. The Bertz CT molecular complexity index is 1610. The Kier molecular flexibility index (Phi) is 38.3. The lowest BCUT2D eigenvalue weighted by atomic mass is 10.5. The number of aryl methyl sites for hydroxylation is 1. The molecule has 16 heteroatoms. The van der Waals surface area contributed by atoms with Crippen molar-refractivity contribution in [3.63, 3.8) is 0 Å². The molecular formula is C44H48N12O2S2. The number of aliphatic imine (C=N–C) groups is 1. The van der Waals surface area contributed by atoms with Crippen molar-refractivity contribution in [2.75, 3.05) is 6.54 Å². The highest BCUT2D eigenvalue weighted by Gasteiger charge is 1.73. The molecule has 0 atom stereocenters. The monoisotopic (exact) mass is 840 g/mol. The predicted octanol–water partition coefficient (Wildman–Crippen LogP) is 9.91. The number of thiazole rings is 1. The van der Waals surface area contributed by atoms with Gasteiger partial charge in [-0.3, -0.25) is 29.6 Å². The summed E-state index contributed by atoms with van der Waals surface area (Å²) in [5.74, 6) is 0. The molecule has 0 spiro atoms. The van der Waals surface area contributed by atoms with E-state index in [0.29, 0.717) is 0 Å². The lowest BCUT2D eigenvalue weighted by molar-refractivity contribution is 0.420. The molecule has 0 amide bonds. The first-order chi connectivity index (χ1) is 29.9. The maximum atomic E-state index is 4.58. The molecule has 9 aromatic rings. The van der Waals surface area contributed by atoms with Crippen LogP contribution in [0, 0.1) is 0 Å². The van der Waals surface area contributed by atoms with Gasteiger partial charge in [-0.25, -0.2) is 9.97 Å². The van der Waals surface area contributed by atoms with E-state index in [1.165, 1.54) is 12.6 Å². The van der Waals surface area contributed by atoms with Gasteiger partial charge in [0.1, 0.15) is 12.6 Å². The molecule has 11 rings (SSSR count). The van der Waals surface area contributed by atoms with Crippen molar-refractivity contribution in [3.8, 4) is 0 Å². The third-order valence-corrected chi connectivity index (χ3v) is 6.53. The Morgan fingerprint density at radius 2 is 1.13 bits per heavy atom. The van der Waals surface area contributed by atoms with E-state index in [2.05, 4.69) is 88.6 Å². The zero-order chi connectivity index (χ0) is 42.6. The van der Waals surface area contributed by atoms with Crippen LogP contribution < -0.4 is 0 Å². The molecule has 308 valence electrons. The number of hydrogen-bond donors (Lipinski definition) is 0. The molecular weight excluding hydrogens is 793 g/mol. The summed E-state index contributed by atoms with van der Waals surface area (Å²) >= 11 is 3.31. The van der Waals surface area contributed by atoms with Gasteiger partial charge < -0.3 is 8.94 Å². The molecule has 1 aliphatic heterocycles. The van der Waals surface area contributed by atoms with Crippen molar-refractivity contribution in [2.24, 2.45) is 12.0 Å². The normalized spacial score (nSPS) is 9.68. The quantitative estimate of drug-likeness (QED) is 0.142. The van der Waals surface area contributed by atoms with E-state index in [0.717, 1.165) is 13.0 Å². The van der Waals surface area contributed by atoms with Crippen LogP contribution in [0.25, 0.3) is 0 Å². The summed E-state index contributed by atoms with van der Waals surface area (Å²) < 4.78 is 10.7. The highest BCUT2D eigenvalue weighted by atomic mass is 32.1. The Morgan fingerprint density at radius 1 is 0.483 bits per heavy atom. The molecule has 60 heavy (non-hydrogen) atoms. The van der Waals surface area contributed by atoms with Crippen LogP contribution in [0.15, 0.2) is 257 Å². The summed E-state index contributed by atoms with van der Waals surface area (Å²) in [4.78, 5) is 26.2. The molecule has 0 fully saturated rings. The second-order valence-electron chi connectivity index (χ2n) is 9.90. The molecule has 2 aliphatic rings. The topological polar surface area (TPSA) is 172 Å². The smallest absolute Gasteiger partial charge is 0.123 e. The van der Waals surface area contributed by atoms with Gasteiger partial charge in [-0.2, -0.15) is 26.6 Å². The average molecular weight is 841 g/mol.